The first-order chi connectivity index (χ1) is 12.2. The van der Waals surface area contributed by atoms with Crippen molar-refractivity contribution in [1.82, 2.24) is 10.3 Å². The van der Waals surface area contributed by atoms with Gasteiger partial charge >= 0.3 is 0 Å². The summed E-state index contributed by atoms with van der Waals surface area (Å²) in [6.07, 6.45) is 1.62. The Bertz CT molecular complexity index is 825. The SMILES string of the molecule is COc1ccc(OCC(=O)NCc2sc(-c3ccco3)nc2C)cc1. The van der Waals surface area contributed by atoms with Crippen LogP contribution in [-0.2, 0) is 11.3 Å². The van der Waals surface area contributed by atoms with E-state index < -0.39 is 0 Å². The van der Waals surface area contributed by atoms with Gasteiger partial charge in [0, 0.05) is 4.88 Å². The van der Waals surface area contributed by atoms with E-state index in [-0.39, 0.29) is 12.5 Å². The third kappa shape index (κ3) is 4.39. The highest BCUT2D eigenvalue weighted by Crippen LogP contribution is 2.28. The van der Waals surface area contributed by atoms with Gasteiger partial charge < -0.3 is 19.2 Å². The molecule has 3 rings (SSSR count). The molecule has 0 unspecified atom stereocenters. The number of aromatic nitrogens is 1. The summed E-state index contributed by atoms with van der Waals surface area (Å²) in [6.45, 7) is 2.28. The molecule has 0 bridgehead atoms. The Morgan fingerprint density at radius 2 is 2.00 bits per heavy atom. The van der Waals surface area contributed by atoms with Crippen molar-refractivity contribution in [3.8, 4) is 22.3 Å². The number of carbonyl (C=O) groups excluding carboxylic acids is 1. The van der Waals surface area contributed by atoms with Crippen molar-refractivity contribution in [3.63, 3.8) is 0 Å². The van der Waals surface area contributed by atoms with Gasteiger partial charge in [-0.2, -0.15) is 0 Å². The Balaban J connectivity index is 1.50. The minimum absolute atomic E-state index is 0.0464. The fourth-order valence-electron chi connectivity index (χ4n) is 2.15. The van der Waals surface area contributed by atoms with Crippen LogP contribution in [0, 0.1) is 6.92 Å². The Morgan fingerprint density at radius 1 is 1.24 bits per heavy atom. The first-order valence-electron chi connectivity index (χ1n) is 7.69. The lowest BCUT2D eigenvalue weighted by Crippen LogP contribution is -2.28. The number of amides is 1. The average Bonchev–Trinajstić information content (AvgIpc) is 3.28. The van der Waals surface area contributed by atoms with E-state index in [9.17, 15) is 4.79 Å². The molecular formula is C18H18N2O4S. The van der Waals surface area contributed by atoms with Gasteiger partial charge in [0.05, 0.1) is 25.6 Å². The highest BCUT2D eigenvalue weighted by Gasteiger charge is 2.12. The number of rotatable bonds is 7. The van der Waals surface area contributed by atoms with Gasteiger partial charge in [0.2, 0.25) is 0 Å². The predicted molar refractivity (Wildman–Crippen MR) is 94.9 cm³/mol. The van der Waals surface area contributed by atoms with Crippen LogP contribution in [0.15, 0.2) is 47.1 Å². The summed E-state index contributed by atoms with van der Waals surface area (Å²) in [5, 5.41) is 3.65. The highest BCUT2D eigenvalue weighted by molar-refractivity contribution is 7.15. The zero-order chi connectivity index (χ0) is 17.6. The smallest absolute Gasteiger partial charge is 0.258 e. The number of thiazole rings is 1. The number of nitrogens with one attached hydrogen (secondary N) is 1. The fourth-order valence-corrected chi connectivity index (χ4v) is 3.12. The van der Waals surface area contributed by atoms with Gasteiger partial charge in [0.15, 0.2) is 17.4 Å². The molecule has 7 heteroatoms. The lowest BCUT2D eigenvalue weighted by Gasteiger charge is -2.07. The number of carbonyl (C=O) groups is 1. The molecule has 0 aliphatic rings. The average molecular weight is 358 g/mol. The summed E-state index contributed by atoms with van der Waals surface area (Å²) in [5.74, 6) is 1.89. The second kappa shape index (κ2) is 7.85. The van der Waals surface area contributed by atoms with Crippen molar-refractivity contribution in [1.29, 1.82) is 0 Å². The zero-order valence-corrected chi connectivity index (χ0v) is 14.8. The van der Waals surface area contributed by atoms with Crippen LogP contribution < -0.4 is 14.8 Å². The van der Waals surface area contributed by atoms with E-state index in [1.165, 1.54) is 11.3 Å². The molecule has 0 saturated carbocycles. The third-order valence-corrected chi connectivity index (χ3v) is 4.67. The largest absolute Gasteiger partial charge is 0.497 e. The number of benzene rings is 1. The van der Waals surface area contributed by atoms with Crippen molar-refractivity contribution >= 4 is 17.2 Å². The molecule has 2 heterocycles. The number of methoxy groups -OCH3 is 1. The normalized spacial score (nSPS) is 10.5. The van der Waals surface area contributed by atoms with E-state index in [1.807, 2.05) is 19.1 Å². The minimum Gasteiger partial charge on any atom is -0.497 e. The highest BCUT2D eigenvalue weighted by atomic mass is 32.1. The zero-order valence-electron chi connectivity index (χ0n) is 13.9. The van der Waals surface area contributed by atoms with Crippen molar-refractivity contribution < 1.29 is 18.7 Å². The van der Waals surface area contributed by atoms with Crippen molar-refractivity contribution in [3.05, 3.63) is 53.2 Å². The molecule has 0 aliphatic heterocycles. The second-order valence-corrected chi connectivity index (χ2v) is 6.33. The van der Waals surface area contributed by atoms with E-state index in [0.717, 1.165) is 27.1 Å². The van der Waals surface area contributed by atoms with Gasteiger partial charge in [-0.15, -0.1) is 11.3 Å². The molecule has 0 atom stereocenters. The molecule has 25 heavy (non-hydrogen) atoms. The molecule has 130 valence electrons. The summed E-state index contributed by atoms with van der Waals surface area (Å²) in [5.41, 5.74) is 0.882. The molecule has 1 amide bonds. The number of hydrogen-bond donors (Lipinski definition) is 1. The van der Waals surface area contributed by atoms with E-state index in [0.29, 0.717) is 12.3 Å². The molecule has 2 aromatic heterocycles. The monoisotopic (exact) mass is 358 g/mol. The number of aryl methyl sites for hydroxylation is 1. The van der Waals surface area contributed by atoms with Crippen LogP contribution in [0.25, 0.3) is 10.8 Å². The molecule has 1 N–H and O–H groups in total. The van der Waals surface area contributed by atoms with Gasteiger partial charge in [-0.1, -0.05) is 0 Å². The molecule has 0 fully saturated rings. The summed E-state index contributed by atoms with van der Waals surface area (Å²) < 4.78 is 15.9. The topological polar surface area (TPSA) is 73.6 Å². The summed E-state index contributed by atoms with van der Waals surface area (Å²) in [4.78, 5) is 17.4. The van der Waals surface area contributed by atoms with E-state index in [1.54, 1.807) is 37.6 Å². The molecule has 3 aromatic rings. The van der Waals surface area contributed by atoms with Crippen molar-refractivity contribution in [2.45, 2.75) is 13.5 Å². The minimum atomic E-state index is -0.192. The third-order valence-electron chi connectivity index (χ3n) is 3.50. The quantitative estimate of drug-likeness (QED) is 0.701. The van der Waals surface area contributed by atoms with E-state index in [4.69, 9.17) is 13.9 Å². The molecule has 1 aromatic carbocycles. The van der Waals surface area contributed by atoms with Gasteiger partial charge in [0.1, 0.15) is 11.5 Å². The first-order valence-corrected chi connectivity index (χ1v) is 8.51. The lowest BCUT2D eigenvalue weighted by molar-refractivity contribution is -0.123. The van der Waals surface area contributed by atoms with Gasteiger partial charge in [-0.05, 0) is 43.3 Å². The standard InChI is InChI=1S/C18H18N2O4S/c1-12-16(25-18(20-12)15-4-3-9-23-15)10-19-17(21)11-24-14-7-5-13(22-2)6-8-14/h3-9H,10-11H2,1-2H3,(H,19,21). The van der Waals surface area contributed by atoms with Crippen LogP contribution in [0.4, 0.5) is 0 Å². The first kappa shape index (κ1) is 17.0. The summed E-state index contributed by atoms with van der Waals surface area (Å²) in [7, 11) is 1.60. The maximum atomic E-state index is 12.0. The van der Waals surface area contributed by atoms with Gasteiger partial charge in [0.25, 0.3) is 5.91 Å². The molecule has 0 aliphatic carbocycles. The van der Waals surface area contributed by atoms with E-state index in [2.05, 4.69) is 10.3 Å². The van der Waals surface area contributed by atoms with E-state index >= 15 is 0 Å². The second-order valence-electron chi connectivity index (χ2n) is 5.25. The Labute approximate surface area is 149 Å². The van der Waals surface area contributed by atoms with Crippen LogP contribution in [0.5, 0.6) is 11.5 Å². The molecule has 6 nitrogen and oxygen atoms in total. The van der Waals surface area contributed by atoms with Crippen LogP contribution in [0.3, 0.4) is 0 Å². The number of ether oxygens (including phenoxy) is 2. The number of hydrogen-bond acceptors (Lipinski definition) is 6. The van der Waals surface area contributed by atoms with Gasteiger partial charge in [-0.3, -0.25) is 4.79 Å². The maximum Gasteiger partial charge on any atom is 0.258 e. The lowest BCUT2D eigenvalue weighted by atomic mass is 10.3. The number of nitrogens with zero attached hydrogens (tertiary/aromatic N) is 1. The summed E-state index contributed by atoms with van der Waals surface area (Å²) in [6, 6.07) is 10.8. The number of furan rings is 1. The van der Waals surface area contributed by atoms with Crippen LogP contribution in [0.2, 0.25) is 0 Å². The van der Waals surface area contributed by atoms with Crippen molar-refractivity contribution in [2.24, 2.45) is 0 Å². The van der Waals surface area contributed by atoms with Crippen molar-refractivity contribution in [2.75, 3.05) is 13.7 Å². The van der Waals surface area contributed by atoms with Crippen LogP contribution in [0.1, 0.15) is 10.6 Å². The fraction of sp³-hybridized carbons (Fsp3) is 0.222. The summed E-state index contributed by atoms with van der Waals surface area (Å²) >= 11 is 1.50. The molecular weight excluding hydrogens is 340 g/mol. The Hall–Kier alpha value is -2.80. The molecule has 0 spiro atoms. The predicted octanol–water partition coefficient (Wildman–Crippen LogP) is 3.42. The Kier molecular flexibility index (Phi) is 5.35. The molecule has 0 saturated heterocycles. The van der Waals surface area contributed by atoms with Gasteiger partial charge in [-0.25, -0.2) is 4.98 Å². The van der Waals surface area contributed by atoms with Crippen LogP contribution in [-0.4, -0.2) is 24.6 Å². The molecule has 0 radical (unpaired) electrons. The Morgan fingerprint density at radius 3 is 2.68 bits per heavy atom. The maximum absolute atomic E-state index is 12.0. The van der Waals surface area contributed by atoms with Crippen LogP contribution >= 0.6 is 11.3 Å².